The molecule has 0 saturated heterocycles. The second kappa shape index (κ2) is 55.2. The van der Waals surface area contributed by atoms with Crippen molar-refractivity contribution < 1.29 is 161 Å². The van der Waals surface area contributed by atoms with Gasteiger partial charge in [-0.25, -0.2) is 4.79 Å². The molecular weight excluding hydrogens is 1330 g/mol. The first-order valence-corrected chi connectivity index (χ1v) is 35.6. The van der Waals surface area contributed by atoms with Gasteiger partial charge >= 0.3 is 93.2 Å². The molecule has 22 nitrogen and oxygen atoms in total. The van der Waals surface area contributed by atoms with Crippen molar-refractivity contribution in [1.82, 2.24) is 0 Å². The molecular formula is C76H142KO22P. The molecule has 0 spiro atoms. The van der Waals surface area contributed by atoms with Crippen LogP contribution in [0.3, 0.4) is 0 Å². The number of aliphatic hydroxyl groups excluding tert-OH is 6. The summed E-state index contributed by atoms with van der Waals surface area (Å²) in [4.78, 5) is 97.8. The van der Waals surface area contributed by atoms with Crippen LogP contribution in [0.2, 0.25) is 0 Å². The number of carbonyl (C=O) groups excluding carboxylic acids is 2. The van der Waals surface area contributed by atoms with Crippen LogP contribution < -0.4 is 51.4 Å². The van der Waals surface area contributed by atoms with Crippen LogP contribution in [-0.2, 0) is 43.2 Å². The van der Waals surface area contributed by atoms with Gasteiger partial charge in [0.05, 0.1) is 59.9 Å². The second-order valence-corrected chi connectivity index (χ2v) is 31.0. The third-order valence-corrected chi connectivity index (χ3v) is 19.7. The number of carbonyl (C=O) groups is 9. The van der Waals surface area contributed by atoms with Crippen molar-refractivity contribution in [2.24, 2.45) is 104 Å². The molecule has 0 aromatic carbocycles. The molecule has 19 unspecified atom stereocenters. The number of hydrogen-bond donors (Lipinski definition) is 13. The minimum Gasteiger partial charge on any atom is -0.481 e. The summed E-state index contributed by atoms with van der Waals surface area (Å²) in [6, 6.07) is 0. The summed E-state index contributed by atoms with van der Waals surface area (Å²) in [6.45, 7) is 57.5. The van der Waals surface area contributed by atoms with Crippen molar-refractivity contribution in [2.75, 3.05) is 0 Å². The first-order chi connectivity index (χ1) is 44.9. The van der Waals surface area contributed by atoms with Crippen LogP contribution in [0.15, 0.2) is 38.0 Å². The van der Waals surface area contributed by atoms with E-state index in [1.807, 2.05) is 145 Å². The molecule has 0 aliphatic carbocycles. The van der Waals surface area contributed by atoms with Gasteiger partial charge in [-0.1, -0.05) is 198 Å². The van der Waals surface area contributed by atoms with Gasteiger partial charge in [0, 0.05) is 17.9 Å². The van der Waals surface area contributed by atoms with Crippen LogP contribution in [0.5, 0.6) is 0 Å². The van der Waals surface area contributed by atoms with E-state index >= 15 is 0 Å². The molecule has 0 radical (unpaired) electrons. The van der Waals surface area contributed by atoms with E-state index in [-0.39, 0.29) is 110 Å². The van der Waals surface area contributed by atoms with Crippen molar-refractivity contribution in [3.63, 3.8) is 0 Å². The molecule has 0 heterocycles. The quantitative estimate of drug-likeness (QED) is 0.00674. The first-order valence-electron chi connectivity index (χ1n) is 34.8. The SMILES string of the molecule is C=CC(=O)O.C=CC(O)C(O)C=C.CCC(C(=O)O)C(C)(C)CC(C)C(O)C(O)C(CC)C(C)(C)CC(C)C(=O)O.CCC(C(=O)O)C(C)(C)CC(C)C(O)C(O)C(CC)C(C)(C)CC(C)C(=O)O.CCC(C(=O)O)C(C)(C)CC(C)C=O.CCC(C=O)C(C)(C)CC(C)C(=O)O.[CH2-]P.[K+]. The average Bonchev–Trinajstić information content (AvgIpc) is 0.819. The smallest absolute Gasteiger partial charge is 0.481 e. The summed E-state index contributed by atoms with van der Waals surface area (Å²) in [5.41, 5.74) is -2.51. The number of hydrogen-bond acceptors (Lipinski definition) is 15. The van der Waals surface area contributed by atoms with Crippen LogP contribution in [0, 0.1) is 110 Å². The van der Waals surface area contributed by atoms with Crippen LogP contribution >= 0.6 is 9.24 Å². The molecule has 584 valence electrons. The first kappa shape index (κ1) is 113. The van der Waals surface area contributed by atoms with E-state index in [9.17, 15) is 84.0 Å². The standard InChI is InChI=1S/2C22H42O6.2C11H20O3.C6H10O2.C3H4O2.CH4P.K/c2*1-9-15(21(5,6)12-14(4)19(25)26)18(24)17(23)13(3)11-22(7,8)16(10-2)20(27)28;1-5-9(7-12)11(3,4)6-8(2)10(13)14;1-5-9(10(13)14)11(3,4)6-8(2)7-12;1-3-5(7)6(8)4-2;1-2-3(4)5;1-2;/h2*13-18,23-24H,9-12H2,1-8H3,(H,25,26)(H,27,28);2*7-9H,5-6H2,1-4H3,(H,13,14);3-8H,1-2H2;2H,1H2,(H,4,5);1-2H2;/q;;;;;;-1;+1. The maximum absolute atomic E-state index is 11.5. The van der Waals surface area contributed by atoms with Crippen LogP contribution in [0.4, 0.5) is 0 Å². The summed E-state index contributed by atoms with van der Waals surface area (Å²) >= 11 is 0. The fraction of sp³-hybridized carbons (Fsp3) is 0.789. The van der Waals surface area contributed by atoms with Gasteiger partial charge < -0.3 is 91.9 Å². The maximum atomic E-state index is 11.5. The van der Waals surface area contributed by atoms with Gasteiger partial charge in [-0.2, -0.15) is 0 Å². The number of carboxylic acid groups (broad SMARTS) is 7. The fourth-order valence-electron chi connectivity index (χ4n) is 14.2. The van der Waals surface area contributed by atoms with E-state index in [0.29, 0.717) is 70.6 Å². The Morgan fingerprint density at radius 3 is 0.780 bits per heavy atom. The van der Waals surface area contributed by atoms with Crippen LogP contribution in [0.1, 0.15) is 243 Å². The number of aliphatic hydroxyl groups is 6. The molecule has 0 bridgehead atoms. The molecule has 0 aromatic heterocycles. The van der Waals surface area contributed by atoms with E-state index in [2.05, 4.69) is 35.6 Å². The van der Waals surface area contributed by atoms with E-state index in [1.165, 1.54) is 12.2 Å². The zero-order valence-corrected chi connectivity index (χ0v) is 70.4. The third kappa shape index (κ3) is 44.5. The van der Waals surface area contributed by atoms with Crippen molar-refractivity contribution in [1.29, 1.82) is 0 Å². The number of carboxylic acids is 7. The van der Waals surface area contributed by atoms with E-state index in [4.69, 9.17) is 25.5 Å². The topological polar surface area (TPSA) is 417 Å². The zero-order valence-electron chi connectivity index (χ0n) is 66.2. The molecule has 0 fully saturated rings. The van der Waals surface area contributed by atoms with Gasteiger partial charge in [0.15, 0.2) is 0 Å². The van der Waals surface area contributed by atoms with Crippen molar-refractivity contribution >= 4 is 63.6 Å². The molecule has 13 N–H and O–H groups in total. The molecule has 0 saturated carbocycles. The summed E-state index contributed by atoms with van der Waals surface area (Å²) in [5.74, 6) is -10.1. The van der Waals surface area contributed by atoms with Gasteiger partial charge in [0.2, 0.25) is 0 Å². The number of aldehydes is 2. The number of aliphatic carboxylic acids is 7. The molecule has 0 rings (SSSR count). The summed E-state index contributed by atoms with van der Waals surface area (Å²) < 4.78 is 0. The molecule has 0 aliphatic heterocycles. The molecule has 0 aromatic rings. The summed E-state index contributed by atoms with van der Waals surface area (Å²) in [7, 11) is 2.17. The molecule has 0 amide bonds. The van der Waals surface area contributed by atoms with Gasteiger partial charge in [0.1, 0.15) is 24.8 Å². The Labute approximate surface area is 647 Å². The molecule has 24 heteroatoms. The maximum Gasteiger partial charge on any atom is 1.00 e. The van der Waals surface area contributed by atoms with E-state index < -0.39 is 124 Å². The van der Waals surface area contributed by atoms with Gasteiger partial charge in [-0.05, 0) is 120 Å². The predicted octanol–water partition coefficient (Wildman–Crippen LogP) is 10.8. The fourth-order valence-corrected chi connectivity index (χ4v) is 14.2. The van der Waals surface area contributed by atoms with E-state index in [0.717, 1.165) is 25.1 Å². The Balaban J connectivity index is -0.000000181. The predicted molar refractivity (Wildman–Crippen MR) is 395 cm³/mol. The normalized spacial score (nSPS) is 17.0. The van der Waals surface area contributed by atoms with Crippen molar-refractivity contribution in [2.45, 2.75) is 280 Å². The Hall–Kier alpha value is -3.32. The van der Waals surface area contributed by atoms with E-state index in [1.54, 1.807) is 20.8 Å². The third-order valence-electron chi connectivity index (χ3n) is 19.7. The van der Waals surface area contributed by atoms with Crippen molar-refractivity contribution in [3.05, 3.63) is 44.6 Å². The van der Waals surface area contributed by atoms with Crippen molar-refractivity contribution in [3.8, 4) is 0 Å². The Bertz CT molecular complexity index is 2250. The minimum absolute atomic E-state index is 0. The zero-order chi connectivity index (χ0) is 80.5. The summed E-state index contributed by atoms with van der Waals surface area (Å²) in [6.07, 6.45) is 5.91. The molecule has 19 atom stereocenters. The van der Waals surface area contributed by atoms with Gasteiger partial charge in [-0.15, -0.1) is 13.2 Å². The minimum atomic E-state index is -1.00. The van der Waals surface area contributed by atoms with Gasteiger partial charge in [-0.3, -0.25) is 28.8 Å². The Morgan fingerprint density at radius 1 is 0.370 bits per heavy atom. The van der Waals surface area contributed by atoms with Crippen LogP contribution in [0.25, 0.3) is 0 Å². The Morgan fingerprint density at radius 2 is 0.610 bits per heavy atom. The molecule has 100 heavy (non-hydrogen) atoms. The Kier molecular flexibility index (Phi) is 62.1. The largest absolute Gasteiger partial charge is 1.00 e. The number of rotatable bonds is 42. The van der Waals surface area contributed by atoms with Crippen LogP contribution in [-0.4, -0.2) is 157 Å². The second-order valence-electron chi connectivity index (χ2n) is 31.0. The summed E-state index contributed by atoms with van der Waals surface area (Å²) in [5, 5.41) is 124. The molecule has 0 aliphatic rings. The average molecular weight is 1480 g/mol. The van der Waals surface area contributed by atoms with Gasteiger partial charge in [0.25, 0.3) is 0 Å². The monoisotopic (exact) mass is 1480 g/mol.